The molecule has 0 radical (unpaired) electrons. The Morgan fingerprint density at radius 3 is 2.59 bits per heavy atom. The van der Waals surface area contributed by atoms with Crippen molar-refractivity contribution in [1.29, 1.82) is 0 Å². The van der Waals surface area contributed by atoms with E-state index in [1.54, 1.807) is 13.0 Å². The Labute approximate surface area is 94.7 Å². The quantitative estimate of drug-likeness (QED) is 0.615. The average molecular weight is 242 g/mol. The van der Waals surface area contributed by atoms with Crippen LogP contribution >= 0.6 is 0 Å². The lowest BCUT2D eigenvalue weighted by Gasteiger charge is -1.98. The van der Waals surface area contributed by atoms with Crippen molar-refractivity contribution in [2.75, 3.05) is 0 Å². The van der Waals surface area contributed by atoms with E-state index < -0.39 is 11.9 Å². The van der Waals surface area contributed by atoms with Gasteiger partial charge in [-0.1, -0.05) is 0 Å². The highest BCUT2D eigenvalue weighted by atomic mass is 19.4. The van der Waals surface area contributed by atoms with E-state index in [0.29, 0.717) is 16.9 Å². The van der Waals surface area contributed by atoms with Gasteiger partial charge in [-0.25, -0.2) is 4.99 Å². The molecule has 2 rings (SSSR count). The van der Waals surface area contributed by atoms with Crippen molar-refractivity contribution < 1.29 is 17.6 Å². The van der Waals surface area contributed by atoms with Gasteiger partial charge in [-0.05, 0) is 31.2 Å². The minimum atomic E-state index is -4.48. The van der Waals surface area contributed by atoms with E-state index in [0.717, 1.165) is 6.07 Å². The van der Waals surface area contributed by atoms with Crippen molar-refractivity contribution in [3.8, 4) is 0 Å². The van der Waals surface area contributed by atoms with Crippen molar-refractivity contribution in [1.82, 2.24) is 0 Å². The van der Waals surface area contributed by atoms with Crippen LogP contribution in [0.2, 0.25) is 0 Å². The zero-order chi connectivity index (χ0) is 12.6. The monoisotopic (exact) mass is 242 g/mol. The summed E-state index contributed by atoms with van der Waals surface area (Å²) >= 11 is 0. The van der Waals surface area contributed by atoms with E-state index in [1.807, 2.05) is 0 Å². The maximum atomic E-state index is 12.4. The molecule has 0 saturated heterocycles. The van der Waals surface area contributed by atoms with Crippen LogP contribution in [0.5, 0.6) is 0 Å². The summed E-state index contributed by atoms with van der Waals surface area (Å²) in [6, 6.07) is 5.42. The number of fused-ring (bicyclic) bond motifs is 1. The molecule has 1 heterocycles. The van der Waals surface area contributed by atoms with Crippen LogP contribution in [0.3, 0.4) is 0 Å². The lowest BCUT2D eigenvalue weighted by molar-refractivity contribution is -0.152. The van der Waals surface area contributed by atoms with Gasteiger partial charge in [0.05, 0.1) is 11.5 Å². The fourth-order valence-corrected chi connectivity index (χ4v) is 1.44. The Balaban J connectivity index is 2.52. The zero-order valence-corrected chi connectivity index (χ0v) is 8.88. The Morgan fingerprint density at radius 1 is 1.29 bits per heavy atom. The van der Waals surface area contributed by atoms with E-state index in [2.05, 4.69) is 9.41 Å². The standard InChI is InChI=1S/C11H9F3N2O/c1-6(15)16-8-2-3-9-7(4-8)5-10(17-9)11(12,13)14/h2-5H,1H3,(H2,15,16). The number of hydrogen-bond acceptors (Lipinski definition) is 2. The number of hydrogen-bond donors (Lipinski definition) is 1. The minimum absolute atomic E-state index is 0.172. The molecule has 6 heteroatoms. The SMILES string of the molecule is CC(N)=Nc1ccc2oc(C(F)(F)F)cc2c1. The highest BCUT2D eigenvalue weighted by molar-refractivity contribution is 5.85. The fraction of sp³-hybridized carbons (Fsp3) is 0.182. The molecular formula is C11H9F3N2O. The van der Waals surface area contributed by atoms with Gasteiger partial charge in [0.2, 0.25) is 5.76 Å². The minimum Gasteiger partial charge on any atom is -0.451 e. The molecule has 1 aromatic carbocycles. The zero-order valence-electron chi connectivity index (χ0n) is 8.88. The predicted octanol–water partition coefficient (Wildman–Crippen LogP) is 3.46. The lowest BCUT2D eigenvalue weighted by atomic mass is 10.2. The first-order chi connectivity index (χ1) is 7.86. The van der Waals surface area contributed by atoms with Gasteiger partial charge in [-0.15, -0.1) is 0 Å². The first-order valence-electron chi connectivity index (χ1n) is 4.78. The van der Waals surface area contributed by atoms with Crippen LogP contribution in [0.25, 0.3) is 11.0 Å². The molecule has 0 bridgehead atoms. The smallest absolute Gasteiger partial charge is 0.449 e. The number of nitrogens with two attached hydrogens (primary N) is 1. The largest absolute Gasteiger partial charge is 0.451 e. The summed E-state index contributed by atoms with van der Waals surface area (Å²) in [4.78, 5) is 3.95. The Hall–Kier alpha value is -1.98. The molecule has 2 aromatic rings. The molecule has 0 aliphatic carbocycles. The van der Waals surface area contributed by atoms with Crippen LogP contribution in [0, 0.1) is 0 Å². The van der Waals surface area contributed by atoms with Crippen LogP contribution in [-0.2, 0) is 6.18 Å². The van der Waals surface area contributed by atoms with Crippen LogP contribution in [0.15, 0.2) is 33.7 Å². The molecule has 0 spiro atoms. The second-order valence-electron chi connectivity index (χ2n) is 3.58. The molecule has 90 valence electrons. The molecule has 0 fully saturated rings. The third kappa shape index (κ3) is 2.41. The van der Waals surface area contributed by atoms with Gasteiger partial charge in [-0.2, -0.15) is 13.2 Å². The molecule has 17 heavy (non-hydrogen) atoms. The van der Waals surface area contributed by atoms with E-state index in [4.69, 9.17) is 5.73 Å². The van der Waals surface area contributed by atoms with Gasteiger partial charge in [-0.3, -0.25) is 0 Å². The van der Waals surface area contributed by atoms with Gasteiger partial charge in [0.1, 0.15) is 5.58 Å². The second kappa shape index (κ2) is 3.80. The maximum Gasteiger partial charge on any atom is 0.449 e. The van der Waals surface area contributed by atoms with E-state index >= 15 is 0 Å². The van der Waals surface area contributed by atoms with Gasteiger partial charge in [0.15, 0.2) is 0 Å². The first-order valence-corrected chi connectivity index (χ1v) is 4.78. The molecule has 2 N–H and O–H groups in total. The summed E-state index contributed by atoms with van der Waals surface area (Å²) in [6.45, 7) is 1.60. The van der Waals surface area contributed by atoms with Crippen molar-refractivity contribution in [2.24, 2.45) is 10.7 Å². The van der Waals surface area contributed by atoms with E-state index in [9.17, 15) is 13.2 Å². The summed E-state index contributed by atoms with van der Waals surface area (Å²) in [5, 5.41) is 0.347. The van der Waals surface area contributed by atoms with Gasteiger partial charge < -0.3 is 10.2 Å². The lowest BCUT2D eigenvalue weighted by Crippen LogP contribution is -2.03. The second-order valence-corrected chi connectivity index (χ2v) is 3.58. The first kappa shape index (κ1) is 11.5. The molecule has 0 unspecified atom stereocenters. The van der Waals surface area contributed by atoms with Crippen molar-refractivity contribution in [3.63, 3.8) is 0 Å². The fourth-order valence-electron chi connectivity index (χ4n) is 1.44. The Bertz CT molecular complexity index is 580. The van der Waals surface area contributed by atoms with Crippen molar-refractivity contribution in [3.05, 3.63) is 30.0 Å². The molecule has 1 aromatic heterocycles. The average Bonchev–Trinajstić information content (AvgIpc) is 2.58. The summed E-state index contributed by atoms with van der Waals surface area (Å²) in [7, 11) is 0. The highest BCUT2D eigenvalue weighted by Gasteiger charge is 2.35. The summed E-state index contributed by atoms with van der Waals surface area (Å²) in [5.41, 5.74) is 6.05. The van der Waals surface area contributed by atoms with Gasteiger partial charge in [0, 0.05) is 5.39 Å². The van der Waals surface area contributed by atoms with Crippen LogP contribution in [0.4, 0.5) is 18.9 Å². The van der Waals surface area contributed by atoms with Crippen LogP contribution in [-0.4, -0.2) is 5.84 Å². The predicted molar refractivity (Wildman–Crippen MR) is 58.2 cm³/mol. The number of benzene rings is 1. The van der Waals surface area contributed by atoms with Crippen molar-refractivity contribution in [2.45, 2.75) is 13.1 Å². The molecule has 0 saturated carbocycles. The number of alkyl halides is 3. The normalized spacial score (nSPS) is 13.3. The highest BCUT2D eigenvalue weighted by Crippen LogP contribution is 2.34. The third-order valence-corrected chi connectivity index (χ3v) is 2.08. The molecule has 0 atom stereocenters. The number of nitrogens with zero attached hydrogens (tertiary/aromatic N) is 1. The molecular weight excluding hydrogens is 233 g/mol. The topological polar surface area (TPSA) is 51.5 Å². The molecule has 0 amide bonds. The third-order valence-electron chi connectivity index (χ3n) is 2.08. The summed E-state index contributed by atoms with van der Waals surface area (Å²) in [5.74, 6) is -0.679. The Morgan fingerprint density at radius 2 is 2.00 bits per heavy atom. The van der Waals surface area contributed by atoms with E-state index in [-0.39, 0.29) is 5.58 Å². The van der Waals surface area contributed by atoms with Crippen molar-refractivity contribution >= 4 is 22.5 Å². The maximum absolute atomic E-state index is 12.4. The van der Waals surface area contributed by atoms with Gasteiger partial charge in [0.25, 0.3) is 0 Å². The number of aliphatic imine (C=N–C) groups is 1. The molecule has 3 nitrogen and oxygen atoms in total. The Kier molecular flexibility index (Phi) is 2.57. The number of furan rings is 1. The summed E-state index contributed by atoms with van der Waals surface area (Å²) < 4.78 is 41.9. The number of halogens is 3. The van der Waals surface area contributed by atoms with E-state index in [1.165, 1.54) is 12.1 Å². The molecule has 0 aliphatic heterocycles. The van der Waals surface area contributed by atoms with Crippen LogP contribution in [0.1, 0.15) is 12.7 Å². The number of rotatable bonds is 1. The molecule has 0 aliphatic rings. The number of amidine groups is 1. The van der Waals surface area contributed by atoms with Crippen LogP contribution < -0.4 is 5.73 Å². The van der Waals surface area contributed by atoms with Gasteiger partial charge >= 0.3 is 6.18 Å². The summed E-state index contributed by atoms with van der Waals surface area (Å²) in [6.07, 6.45) is -4.48.